The molecule has 5 heteroatoms. The number of nitrogens with one attached hydrogen (secondary N) is 1. The van der Waals surface area contributed by atoms with Crippen LogP contribution in [0.15, 0.2) is 18.3 Å². The summed E-state index contributed by atoms with van der Waals surface area (Å²) in [6, 6.07) is 3.89. The Labute approximate surface area is 112 Å². The monoisotopic (exact) mass is 262 g/mol. The van der Waals surface area contributed by atoms with Gasteiger partial charge in [-0.1, -0.05) is 0 Å². The van der Waals surface area contributed by atoms with Crippen molar-refractivity contribution >= 4 is 5.91 Å². The topological polar surface area (TPSA) is 60.5 Å². The van der Waals surface area contributed by atoms with Crippen molar-refractivity contribution in [2.75, 3.05) is 13.2 Å². The van der Waals surface area contributed by atoms with E-state index in [9.17, 15) is 4.79 Å². The Morgan fingerprint density at radius 3 is 2.68 bits per heavy atom. The lowest BCUT2D eigenvalue weighted by Crippen LogP contribution is -2.27. The average Bonchev–Trinajstić information content (AvgIpc) is 3.25. The molecule has 2 heterocycles. The van der Waals surface area contributed by atoms with Gasteiger partial charge in [-0.3, -0.25) is 4.79 Å². The van der Waals surface area contributed by atoms with Gasteiger partial charge in [0.2, 0.25) is 5.88 Å². The van der Waals surface area contributed by atoms with Gasteiger partial charge < -0.3 is 14.8 Å². The van der Waals surface area contributed by atoms with E-state index in [-0.39, 0.29) is 12.0 Å². The third-order valence-corrected chi connectivity index (χ3v) is 3.37. The number of aromatic nitrogens is 1. The van der Waals surface area contributed by atoms with Crippen LogP contribution in [-0.4, -0.2) is 36.3 Å². The molecule has 1 aliphatic heterocycles. The fraction of sp³-hybridized carbons (Fsp3) is 0.571. The van der Waals surface area contributed by atoms with Gasteiger partial charge in [-0.15, -0.1) is 0 Å². The molecule has 1 amide bonds. The first-order valence-electron chi connectivity index (χ1n) is 6.82. The second-order valence-electron chi connectivity index (χ2n) is 5.06. The Kier molecular flexibility index (Phi) is 3.64. The zero-order chi connectivity index (χ0) is 13.1. The second kappa shape index (κ2) is 5.57. The van der Waals surface area contributed by atoms with E-state index in [0.29, 0.717) is 17.5 Å². The van der Waals surface area contributed by atoms with Crippen LogP contribution in [-0.2, 0) is 4.74 Å². The van der Waals surface area contributed by atoms with Crippen LogP contribution in [0.2, 0.25) is 0 Å². The van der Waals surface area contributed by atoms with Crippen LogP contribution in [0.5, 0.6) is 5.88 Å². The molecule has 0 unspecified atom stereocenters. The summed E-state index contributed by atoms with van der Waals surface area (Å²) in [4.78, 5) is 16.0. The number of carbonyl (C=O) groups excluding carboxylic acids is 1. The van der Waals surface area contributed by atoms with Gasteiger partial charge >= 0.3 is 0 Å². The molecule has 102 valence electrons. The molecule has 1 N–H and O–H groups in total. The van der Waals surface area contributed by atoms with Gasteiger partial charge in [0, 0.05) is 31.1 Å². The molecular weight excluding hydrogens is 244 g/mol. The lowest BCUT2D eigenvalue weighted by Gasteiger charge is -2.22. The van der Waals surface area contributed by atoms with Crippen LogP contribution in [0.25, 0.3) is 0 Å². The third-order valence-electron chi connectivity index (χ3n) is 3.37. The highest BCUT2D eigenvalue weighted by atomic mass is 16.5. The highest BCUT2D eigenvalue weighted by Gasteiger charge is 2.24. The maximum absolute atomic E-state index is 11.8. The van der Waals surface area contributed by atoms with E-state index in [2.05, 4.69) is 10.3 Å². The normalized spacial score (nSPS) is 20.0. The van der Waals surface area contributed by atoms with Gasteiger partial charge in [0.25, 0.3) is 5.91 Å². The number of rotatable bonds is 4. The molecule has 19 heavy (non-hydrogen) atoms. The van der Waals surface area contributed by atoms with Crippen molar-refractivity contribution in [3.63, 3.8) is 0 Å². The first-order chi connectivity index (χ1) is 9.31. The maximum atomic E-state index is 11.8. The molecule has 1 aliphatic carbocycles. The molecule has 2 fully saturated rings. The molecule has 1 saturated heterocycles. The van der Waals surface area contributed by atoms with Gasteiger partial charge in [0.1, 0.15) is 6.10 Å². The molecular formula is C14H18N2O3. The standard InChI is InChI=1S/C14H18N2O3/c17-14(16-11-2-3-11)10-1-4-13(15-9-10)19-12-5-7-18-8-6-12/h1,4,9,11-12H,2-3,5-8H2,(H,16,17). The average molecular weight is 262 g/mol. The quantitative estimate of drug-likeness (QED) is 0.894. The summed E-state index contributed by atoms with van der Waals surface area (Å²) >= 11 is 0. The number of ether oxygens (including phenoxy) is 2. The van der Waals surface area contributed by atoms with Gasteiger partial charge in [-0.05, 0) is 18.9 Å². The molecule has 0 bridgehead atoms. The van der Waals surface area contributed by atoms with Crippen molar-refractivity contribution in [1.29, 1.82) is 0 Å². The van der Waals surface area contributed by atoms with Crippen LogP contribution in [0, 0.1) is 0 Å². The van der Waals surface area contributed by atoms with E-state index in [1.165, 1.54) is 0 Å². The van der Waals surface area contributed by atoms with Crippen LogP contribution in [0.3, 0.4) is 0 Å². The molecule has 1 aromatic rings. The Bertz CT molecular complexity index is 437. The van der Waals surface area contributed by atoms with E-state index < -0.39 is 0 Å². The van der Waals surface area contributed by atoms with E-state index in [1.54, 1.807) is 18.3 Å². The van der Waals surface area contributed by atoms with Crippen molar-refractivity contribution in [3.05, 3.63) is 23.9 Å². The van der Waals surface area contributed by atoms with Crippen LogP contribution < -0.4 is 10.1 Å². The Morgan fingerprint density at radius 1 is 1.26 bits per heavy atom. The zero-order valence-corrected chi connectivity index (χ0v) is 10.8. The van der Waals surface area contributed by atoms with Gasteiger partial charge in [-0.2, -0.15) is 0 Å². The molecule has 1 aromatic heterocycles. The van der Waals surface area contributed by atoms with Gasteiger partial charge in [0.15, 0.2) is 0 Å². The van der Waals surface area contributed by atoms with Gasteiger partial charge in [0.05, 0.1) is 18.8 Å². The van der Waals surface area contributed by atoms with E-state index in [0.717, 1.165) is 38.9 Å². The van der Waals surface area contributed by atoms with E-state index >= 15 is 0 Å². The maximum Gasteiger partial charge on any atom is 0.253 e. The second-order valence-corrected chi connectivity index (χ2v) is 5.06. The van der Waals surface area contributed by atoms with Crippen molar-refractivity contribution in [2.24, 2.45) is 0 Å². The van der Waals surface area contributed by atoms with E-state index in [1.807, 2.05) is 0 Å². The van der Waals surface area contributed by atoms with Gasteiger partial charge in [-0.25, -0.2) is 4.98 Å². The summed E-state index contributed by atoms with van der Waals surface area (Å²) in [5, 5.41) is 2.93. The predicted octanol–water partition coefficient (Wildman–Crippen LogP) is 1.53. The summed E-state index contributed by atoms with van der Waals surface area (Å²) in [5.74, 6) is 0.530. The van der Waals surface area contributed by atoms with Crippen LogP contribution in [0.1, 0.15) is 36.0 Å². The molecule has 0 atom stereocenters. The smallest absolute Gasteiger partial charge is 0.253 e. The summed E-state index contributed by atoms with van der Waals surface area (Å²) in [6.07, 6.45) is 5.71. The first kappa shape index (κ1) is 12.4. The molecule has 0 aromatic carbocycles. The summed E-state index contributed by atoms with van der Waals surface area (Å²) in [7, 11) is 0. The summed E-state index contributed by atoms with van der Waals surface area (Å²) in [5.41, 5.74) is 0.589. The fourth-order valence-electron chi connectivity index (χ4n) is 2.05. The Balaban J connectivity index is 1.56. The summed E-state index contributed by atoms with van der Waals surface area (Å²) < 4.78 is 11.0. The van der Waals surface area contributed by atoms with Crippen molar-refractivity contribution in [2.45, 2.75) is 37.8 Å². The fourth-order valence-corrected chi connectivity index (χ4v) is 2.05. The minimum absolute atomic E-state index is 0.0485. The lowest BCUT2D eigenvalue weighted by atomic mass is 10.1. The first-order valence-corrected chi connectivity index (χ1v) is 6.82. The molecule has 3 rings (SSSR count). The molecule has 1 saturated carbocycles. The largest absolute Gasteiger partial charge is 0.474 e. The Morgan fingerprint density at radius 2 is 2.05 bits per heavy atom. The highest BCUT2D eigenvalue weighted by molar-refractivity contribution is 5.94. The zero-order valence-electron chi connectivity index (χ0n) is 10.8. The van der Waals surface area contributed by atoms with Crippen molar-refractivity contribution in [3.8, 4) is 5.88 Å². The Hall–Kier alpha value is -1.62. The number of nitrogens with zero attached hydrogens (tertiary/aromatic N) is 1. The van der Waals surface area contributed by atoms with E-state index in [4.69, 9.17) is 9.47 Å². The summed E-state index contributed by atoms with van der Waals surface area (Å²) in [6.45, 7) is 1.49. The molecule has 0 radical (unpaired) electrons. The number of carbonyl (C=O) groups is 1. The van der Waals surface area contributed by atoms with Crippen LogP contribution >= 0.6 is 0 Å². The minimum atomic E-state index is -0.0485. The number of pyridine rings is 1. The highest BCUT2D eigenvalue weighted by Crippen LogP contribution is 2.20. The third kappa shape index (κ3) is 3.44. The number of hydrogen-bond donors (Lipinski definition) is 1. The predicted molar refractivity (Wildman–Crippen MR) is 69.2 cm³/mol. The van der Waals surface area contributed by atoms with Crippen molar-refractivity contribution < 1.29 is 14.3 Å². The lowest BCUT2D eigenvalue weighted by molar-refractivity contribution is 0.0237. The molecule has 5 nitrogen and oxygen atoms in total. The molecule has 0 spiro atoms. The SMILES string of the molecule is O=C(NC1CC1)c1ccc(OC2CCOCC2)nc1. The minimum Gasteiger partial charge on any atom is -0.474 e. The van der Waals surface area contributed by atoms with Crippen LogP contribution in [0.4, 0.5) is 0 Å². The number of amides is 1. The number of hydrogen-bond acceptors (Lipinski definition) is 4. The molecule has 2 aliphatic rings. The van der Waals surface area contributed by atoms with Crippen molar-refractivity contribution in [1.82, 2.24) is 10.3 Å².